The third-order valence-electron chi connectivity index (χ3n) is 5.11. The highest BCUT2D eigenvalue weighted by molar-refractivity contribution is 7.92. The van der Waals surface area contributed by atoms with Gasteiger partial charge < -0.3 is 10.3 Å². The Morgan fingerprint density at radius 2 is 1.82 bits per heavy atom. The van der Waals surface area contributed by atoms with E-state index in [0.717, 1.165) is 0 Å². The van der Waals surface area contributed by atoms with Gasteiger partial charge in [-0.2, -0.15) is 0 Å². The number of hydrogen-bond acceptors (Lipinski definition) is 6. The van der Waals surface area contributed by atoms with Crippen LogP contribution in [0.15, 0.2) is 53.8 Å². The molecule has 34 heavy (non-hydrogen) atoms. The maximum atomic E-state index is 13.5. The lowest BCUT2D eigenvalue weighted by Crippen LogP contribution is -2.14. The van der Waals surface area contributed by atoms with E-state index >= 15 is 0 Å². The molecule has 3 N–H and O–H groups in total. The molecule has 0 atom stereocenters. The number of nitrogens with two attached hydrogens (primary N) is 1. The second kappa shape index (κ2) is 9.07. The fraction of sp³-hybridized carbons (Fsp3) is 0.136. The molecular weight excluding hydrogens is 521 g/mol. The zero-order valence-electron chi connectivity index (χ0n) is 17.9. The van der Waals surface area contributed by atoms with E-state index in [1.54, 1.807) is 6.20 Å². The number of fused-ring (bicyclic) bond motifs is 1. The number of nitrogens with zero attached hydrogens (tertiary/aromatic N) is 3. The molecule has 176 valence electrons. The minimum Gasteiger partial charge on any atom is -0.383 e. The van der Waals surface area contributed by atoms with Crippen LogP contribution in [-0.2, 0) is 10.0 Å². The molecule has 2 aromatic heterocycles. The first-order chi connectivity index (χ1) is 16.0. The number of hydrogen-bond donors (Lipinski definition) is 2. The Morgan fingerprint density at radius 1 is 1.09 bits per heavy atom. The summed E-state index contributed by atoms with van der Waals surface area (Å²) in [5, 5.41) is 0.553. The molecular formula is C22H18Cl3N5O3S. The Hall–Kier alpha value is -2.85. The molecule has 0 saturated heterocycles. The number of carbonyl (C=O) groups is 1. The van der Waals surface area contributed by atoms with Gasteiger partial charge in [0.05, 0.1) is 26.7 Å². The molecule has 0 bridgehead atoms. The van der Waals surface area contributed by atoms with Crippen molar-refractivity contribution in [2.24, 2.45) is 0 Å². The van der Waals surface area contributed by atoms with Gasteiger partial charge in [0.25, 0.3) is 10.0 Å². The van der Waals surface area contributed by atoms with Crippen molar-refractivity contribution in [1.29, 1.82) is 0 Å². The van der Waals surface area contributed by atoms with E-state index in [4.69, 9.17) is 40.5 Å². The summed E-state index contributed by atoms with van der Waals surface area (Å²) in [7, 11) is -4.12. The lowest BCUT2D eigenvalue weighted by Gasteiger charge is -2.13. The number of rotatable bonds is 6. The second-order valence-electron chi connectivity index (χ2n) is 7.68. The fourth-order valence-corrected chi connectivity index (χ4v) is 5.66. The fourth-order valence-electron chi connectivity index (χ4n) is 3.50. The van der Waals surface area contributed by atoms with Gasteiger partial charge in [0, 0.05) is 22.8 Å². The molecule has 0 spiro atoms. The van der Waals surface area contributed by atoms with E-state index < -0.39 is 15.8 Å². The normalized spacial score (nSPS) is 11.8. The van der Waals surface area contributed by atoms with Gasteiger partial charge in [-0.3, -0.25) is 9.52 Å². The predicted octanol–water partition coefficient (Wildman–Crippen LogP) is 5.59. The minimum absolute atomic E-state index is 0.00362. The second-order valence-corrected chi connectivity index (χ2v) is 10.6. The van der Waals surface area contributed by atoms with Crippen molar-refractivity contribution in [3.05, 3.63) is 75.1 Å². The number of anilines is 2. The molecule has 0 aliphatic carbocycles. The number of sulfonamides is 1. The smallest absolute Gasteiger partial charge is 0.263 e. The van der Waals surface area contributed by atoms with Crippen molar-refractivity contribution in [1.82, 2.24) is 14.5 Å². The lowest BCUT2D eigenvalue weighted by atomic mass is 10.0. The lowest BCUT2D eigenvalue weighted by molar-refractivity contribution is 0.104. The quantitative estimate of drug-likeness (QED) is 0.309. The van der Waals surface area contributed by atoms with Crippen LogP contribution >= 0.6 is 34.8 Å². The van der Waals surface area contributed by atoms with Gasteiger partial charge in [-0.1, -0.05) is 40.9 Å². The molecule has 4 rings (SSSR count). The Morgan fingerprint density at radius 3 is 2.50 bits per heavy atom. The van der Waals surface area contributed by atoms with Crippen molar-refractivity contribution in [2.75, 3.05) is 10.5 Å². The highest BCUT2D eigenvalue weighted by Gasteiger charge is 2.25. The maximum absolute atomic E-state index is 13.5. The molecule has 2 heterocycles. The number of aromatic nitrogens is 3. The first kappa shape index (κ1) is 24.3. The highest BCUT2D eigenvalue weighted by atomic mass is 35.5. The number of carbonyl (C=O) groups excluding carboxylic acids is 1. The van der Waals surface area contributed by atoms with E-state index in [2.05, 4.69) is 14.7 Å². The topological polar surface area (TPSA) is 120 Å². The van der Waals surface area contributed by atoms with Gasteiger partial charge in [0.15, 0.2) is 5.78 Å². The first-order valence-electron chi connectivity index (χ1n) is 9.93. The van der Waals surface area contributed by atoms with Crippen LogP contribution in [0.5, 0.6) is 0 Å². The molecule has 0 amide bonds. The van der Waals surface area contributed by atoms with Gasteiger partial charge in [0.2, 0.25) is 0 Å². The monoisotopic (exact) mass is 537 g/mol. The van der Waals surface area contributed by atoms with Crippen LogP contribution in [-0.4, -0.2) is 28.7 Å². The van der Waals surface area contributed by atoms with E-state index in [0.29, 0.717) is 16.1 Å². The van der Waals surface area contributed by atoms with Crippen LogP contribution in [0.4, 0.5) is 11.5 Å². The molecule has 0 fully saturated rings. The Bertz CT molecular complexity index is 1550. The van der Waals surface area contributed by atoms with Gasteiger partial charge in [-0.15, -0.1) is 0 Å². The average Bonchev–Trinajstić information content (AvgIpc) is 3.16. The van der Waals surface area contributed by atoms with E-state index in [1.807, 2.05) is 18.4 Å². The zero-order chi connectivity index (χ0) is 24.8. The minimum atomic E-state index is -4.12. The van der Waals surface area contributed by atoms with Crippen molar-refractivity contribution in [3.8, 4) is 0 Å². The number of nitrogen functional groups attached to an aromatic ring is 1. The molecule has 0 aliphatic rings. The third kappa shape index (κ3) is 4.32. The molecule has 0 aliphatic heterocycles. The van der Waals surface area contributed by atoms with E-state index in [1.165, 1.54) is 42.7 Å². The summed E-state index contributed by atoms with van der Waals surface area (Å²) in [6.07, 6.45) is 2.97. The molecule has 2 aromatic carbocycles. The van der Waals surface area contributed by atoms with Crippen LogP contribution in [0.2, 0.25) is 15.1 Å². The van der Waals surface area contributed by atoms with Crippen LogP contribution < -0.4 is 10.5 Å². The summed E-state index contributed by atoms with van der Waals surface area (Å²) in [6.45, 7) is 3.88. The van der Waals surface area contributed by atoms with Crippen LogP contribution in [0.3, 0.4) is 0 Å². The van der Waals surface area contributed by atoms with E-state index in [-0.39, 0.29) is 43.6 Å². The average molecular weight is 539 g/mol. The summed E-state index contributed by atoms with van der Waals surface area (Å²) >= 11 is 18.4. The third-order valence-corrected chi connectivity index (χ3v) is 7.60. The number of ketones is 1. The maximum Gasteiger partial charge on any atom is 0.263 e. The van der Waals surface area contributed by atoms with E-state index in [9.17, 15) is 13.2 Å². The van der Waals surface area contributed by atoms with Crippen LogP contribution in [0.25, 0.3) is 11.0 Å². The molecule has 0 saturated carbocycles. The standard InChI is InChI=1S/C22H18Cl3N5O3S/c1-11(2)30-9-14(18-21(26)27-10-28-22(18)30)20(31)13-4-3-5-16(19(13)25)29-34(32,33)17-7-6-12(23)8-15(17)24/h3-11,29H,1-2H3,(H2,26,27,28). The Labute approximate surface area is 210 Å². The van der Waals surface area contributed by atoms with Gasteiger partial charge in [-0.25, -0.2) is 18.4 Å². The predicted molar refractivity (Wildman–Crippen MR) is 134 cm³/mol. The van der Waals surface area contributed by atoms with Crippen molar-refractivity contribution >= 4 is 73.1 Å². The zero-order valence-corrected chi connectivity index (χ0v) is 21.0. The number of benzene rings is 2. The summed E-state index contributed by atoms with van der Waals surface area (Å²) in [4.78, 5) is 21.6. The van der Waals surface area contributed by atoms with Crippen molar-refractivity contribution in [2.45, 2.75) is 24.8 Å². The van der Waals surface area contributed by atoms with Gasteiger partial charge >= 0.3 is 0 Å². The van der Waals surface area contributed by atoms with Crippen LogP contribution in [0.1, 0.15) is 35.8 Å². The molecule has 0 unspecified atom stereocenters. The number of halogens is 3. The van der Waals surface area contributed by atoms with Crippen LogP contribution in [0, 0.1) is 0 Å². The summed E-state index contributed by atoms with van der Waals surface area (Å²) in [5.41, 5.74) is 6.92. The molecule has 4 aromatic rings. The molecule has 12 heteroatoms. The summed E-state index contributed by atoms with van der Waals surface area (Å²) in [5.74, 6) is -0.306. The SMILES string of the molecule is CC(C)n1cc(C(=O)c2cccc(NS(=O)(=O)c3ccc(Cl)cc3Cl)c2Cl)c2c(N)ncnc21. The van der Waals surface area contributed by atoms with Gasteiger partial charge in [-0.05, 0) is 44.2 Å². The van der Waals surface area contributed by atoms with Gasteiger partial charge in [0.1, 0.15) is 22.7 Å². The summed E-state index contributed by atoms with van der Waals surface area (Å²) in [6, 6.07) is 8.44. The molecule has 0 radical (unpaired) electrons. The summed E-state index contributed by atoms with van der Waals surface area (Å²) < 4.78 is 30.0. The first-order valence-corrected chi connectivity index (χ1v) is 12.5. The molecule has 8 nitrogen and oxygen atoms in total. The Kier molecular flexibility index (Phi) is 6.48. The largest absolute Gasteiger partial charge is 0.383 e. The van der Waals surface area contributed by atoms with Crippen molar-refractivity contribution < 1.29 is 13.2 Å². The highest BCUT2D eigenvalue weighted by Crippen LogP contribution is 2.34. The van der Waals surface area contributed by atoms with Crippen molar-refractivity contribution in [3.63, 3.8) is 0 Å². The Balaban J connectivity index is 1.78. The number of nitrogens with one attached hydrogen (secondary N) is 1.